The number of guanidine groups is 1. The molecule has 0 amide bonds. The van der Waals surface area contributed by atoms with E-state index in [1.807, 2.05) is 19.4 Å². The number of rotatable bonds is 7. The lowest BCUT2D eigenvalue weighted by Gasteiger charge is -2.11. The van der Waals surface area contributed by atoms with Crippen molar-refractivity contribution < 1.29 is 0 Å². The predicted octanol–water partition coefficient (Wildman–Crippen LogP) is 1.91. The van der Waals surface area contributed by atoms with Crippen LogP contribution >= 0.6 is 0 Å². The van der Waals surface area contributed by atoms with Gasteiger partial charge in [-0.2, -0.15) is 5.10 Å². The first-order valence-electron chi connectivity index (χ1n) is 7.04. The Morgan fingerprint density at radius 3 is 2.74 bits per heavy atom. The van der Waals surface area contributed by atoms with Gasteiger partial charge < -0.3 is 10.6 Å². The van der Waals surface area contributed by atoms with Crippen molar-refractivity contribution in [3.05, 3.63) is 18.0 Å². The van der Waals surface area contributed by atoms with Crippen molar-refractivity contribution in [2.45, 2.75) is 39.7 Å². The Morgan fingerprint density at radius 2 is 2.16 bits per heavy atom. The van der Waals surface area contributed by atoms with Crippen LogP contribution in [0.2, 0.25) is 0 Å². The summed E-state index contributed by atoms with van der Waals surface area (Å²) in [7, 11) is 3.72. The van der Waals surface area contributed by atoms with E-state index in [9.17, 15) is 0 Å². The van der Waals surface area contributed by atoms with Crippen LogP contribution in [0, 0.1) is 5.92 Å². The Morgan fingerprint density at radius 1 is 1.37 bits per heavy atom. The molecule has 0 aliphatic rings. The summed E-state index contributed by atoms with van der Waals surface area (Å²) in [6, 6.07) is 0. The summed E-state index contributed by atoms with van der Waals surface area (Å²) in [5, 5.41) is 10.8. The number of aryl methyl sites for hydroxylation is 1. The van der Waals surface area contributed by atoms with E-state index in [1.54, 1.807) is 11.7 Å². The van der Waals surface area contributed by atoms with Gasteiger partial charge in [-0.05, 0) is 12.3 Å². The van der Waals surface area contributed by atoms with Gasteiger partial charge in [-0.3, -0.25) is 9.67 Å². The molecule has 1 aromatic heterocycles. The highest BCUT2D eigenvalue weighted by Gasteiger charge is 2.00. The van der Waals surface area contributed by atoms with Gasteiger partial charge in [0.1, 0.15) is 0 Å². The molecule has 2 N–H and O–H groups in total. The second-order valence-corrected chi connectivity index (χ2v) is 5.26. The zero-order valence-electron chi connectivity index (χ0n) is 12.6. The normalized spacial score (nSPS) is 11.9. The molecular weight excluding hydrogens is 238 g/mol. The van der Waals surface area contributed by atoms with Gasteiger partial charge in [0.05, 0.1) is 6.20 Å². The van der Waals surface area contributed by atoms with Gasteiger partial charge in [0.15, 0.2) is 5.96 Å². The summed E-state index contributed by atoms with van der Waals surface area (Å²) in [6.45, 7) is 6.25. The van der Waals surface area contributed by atoms with E-state index in [2.05, 4.69) is 34.6 Å². The molecule has 0 aliphatic carbocycles. The van der Waals surface area contributed by atoms with Crippen molar-refractivity contribution in [1.29, 1.82) is 0 Å². The minimum absolute atomic E-state index is 0.750. The van der Waals surface area contributed by atoms with Gasteiger partial charge in [0, 0.05) is 38.9 Å². The highest BCUT2D eigenvalue weighted by Crippen LogP contribution is 2.04. The minimum Gasteiger partial charge on any atom is -0.356 e. The maximum Gasteiger partial charge on any atom is 0.191 e. The van der Waals surface area contributed by atoms with Crippen molar-refractivity contribution in [2.75, 3.05) is 13.6 Å². The molecule has 108 valence electrons. The van der Waals surface area contributed by atoms with E-state index in [-0.39, 0.29) is 0 Å². The molecule has 0 radical (unpaired) electrons. The van der Waals surface area contributed by atoms with Crippen LogP contribution in [0.25, 0.3) is 0 Å². The first kappa shape index (κ1) is 15.5. The van der Waals surface area contributed by atoms with Crippen molar-refractivity contribution >= 4 is 5.96 Å². The van der Waals surface area contributed by atoms with Crippen LogP contribution < -0.4 is 10.6 Å². The standard InChI is InChI=1S/C14H27N5/c1-12(2)7-5-6-8-16-14(15-3)17-9-13-10-18-19(4)11-13/h10-12H,5-9H2,1-4H3,(H2,15,16,17). The second kappa shape index (κ2) is 8.56. The second-order valence-electron chi connectivity index (χ2n) is 5.26. The predicted molar refractivity (Wildman–Crippen MR) is 80.1 cm³/mol. The molecule has 0 aliphatic heterocycles. The highest BCUT2D eigenvalue weighted by atomic mass is 15.2. The number of unbranched alkanes of at least 4 members (excludes halogenated alkanes) is 1. The zero-order chi connectivity index (χ0) is 14.1. The average Bonchev–Trinajstić information content (AvgIpc) is 2.78. The van der Waals surface area contributed by atoms with Gasteiger partial charge >= 0.3 is 0 Å². The summed E-state index contributed by atoms with van der Waals surface area (Å²) in [6.07, 6.45) is 7.62. The van der Waals surface area contributed by atoms with Crippen LogP contribution in [-0.4, -0.2) is 29.3 Å². The van der Waals surface area contributed by atoms with Crippen LogP contribution in [0.4, 0.5) is 0 Å². The highest BCUT2D eigenvalue weighted by molar-refractivity contribution is 5.79. The summed E-state index contributed by atoms with van der Waals surface area (Å²) in [5.74, 6) is 1.65. The molecule has 1 aromatic rings. The fraction of sp³-hybridized carbons (Fsp3) is 0.714. The van der Waals surface area contributed by atoms with Crippen molar-refractivity contribution in [3.63, 3.8) is 0 Å². The van der Waals surface area contributed by atoms with Gasteiger partial charge in [-0.15, -0.1) is 0 Å². The Labute approximate surface area is 116 Å². The number of hydrogen-bond donors (Lipinski definition) is 2. The van der Waals surface area contributed by atoms with Crippen molar-refractivity contribution in [2.24, 2.45) is 18.0 Å². The third-order valence-corrected chi connectivity index (χ3v) is 2.94. The Bertz CT molecular complexity index is 381. The fourth-order valence-corrected chi connectivity index (χ4v) is 1.85. The molecule has 0 aromatic carbocycles. The monoisotopic (exact) mass is 265 g/mol. The molecule has 1 heterocycles. The van der Waals surface area contributed by atoms with E-state index in [0.717, 1.165) is 30.5 Å². The molecule has 19 heavy (non-hydrogen) atoms. The van der Waals surface area contributed by atoms with Gasteiger partial charge in [-0.25, -0.2) is 0 Å². The maximum atomic E-state index is 4.21. The van der Waals surface area contributed by atoms with Crippen LogP contribution in [0.3, 0.4) is 0 Å². The summed E-state index contributed by atoms with van der Waals surface area (Å²) in [4.78, 5) is 4.21. The van der Waals surface area contributed by atoms with Crippen molar-refractivity contribution in [1.82, 2.24) is 20.4 Å². The summed E-state index contributed by atoms with van der Waals surface area (Å²) >= 11 is 0. The Hall–Kier alpha value is -1.52. The number of aromatic nitrogens is 2. The largest absolute Gasteiger partial charge is 0.356 e. The molecule has 0 saturated heterocycles. The van der Waals surface area contributed by atoms with Crippen LogP contribution in [0.5, 0.6) is 0 Å². The molecule has 0 atom stereocenters. The Balaban J connectivity index is 2.16. The van der Waals surface area contributed by atoms with Crippen LogP contribution in [0.15, 0.2) is 17.4 Å². The number of nitrogens with one attached hydrogen (secondary N) is 2. The molecule has 5 heteroatoms. The van der Waals surface area contributed by atoms with E-state index < -0.39 is 0 Å². The topological polar surface area (TPSA) is 54.2 Å². The number of hydrogen-bond acceptors (Lipinski definition) is 2. The van der Waals surface area contributed by atoms with E-state index in [4.69, 9.17) is 0 Å². The Kier molecular flexibility index (Phi) is 7.00. The van der Waals surface area contributed by atoms with Crippen molar-refractivity contribution in [3.8, 4) is 0 Å². The number of nitrogens with zero attached hydrogens (tertiary/aromatic N) is 3. The average molecular weight is 265 g/mol. The molecular formula is C14H27N5. The lowest BCUT2D eigenvalue weighted by molar-refractivity contribution is 0.534. The van der Waals surface area contributed by atoms with E-state index in [0.29, 0.717) is 0 Å². The van der Waals surface area contributed by atoms with Crippen LogP contribution in [0.1, 0.15) is 38.7 Å². The quantitative estimate of drug-likeness (QED) is 0.450. The number of aliphatic imine (C=N–C) groups is 1. The molecule has 0 fully saturated rings. The first-order valence-corrected chi connectivity index (χ1v) is 7.04. The van der Waals surface area contributed by atoms with E-state index in [1.165, 1.54) is 19.3 Å². The lowest BCUT2D eigenvalue weighted by Crippen LogP contribution is -2.37. The molecule has 0 bridgehead atoms. The summed E-state index contributed by atoms with van der Waals surface area (Å²) < 4.78 is 1.80. The zero-order valence-corrected chi connectivity index (χ0v) is 12.6. The SMILES string of the molecule is CN=C(NCCCCC(C)C)NCc1cnn(C)c1. The summed E-state index contributed by atoms with van der Waals surface area (Å²) in [5.41, 5.74) is 1.16. The van der Waals surface area contributed by atoms with Gasteiger partial charge in [0.2, 0.25) is 0 Å². The molecule has 0 spiro atoms. The third-order valence-electron chi connectivity index (χ3n) is 2.94. The van der Waals surface area contributed by atoms with Crippen LogP contribution in [-0.2, 0) is 13.6 Å². The maximum absolute atomic E-state index is 4.21. The molecule has 0 saturated carbocycles. The van der Waals surface area contributed by atoms with E-state index >= 15 is 0 Å². The van der Waals surface area contributed by atoms with Gasteiger partial charge in [-0.1, -0.05) is 26.7 Å². The molecule has 1 rings (SSSR count). The van der Waals surface area contributed by atoms with Gasteiger partial charge in [0.25, 0.3) is 0 Å². The fourth-order valence-electron chi connectivity index (χ4n) is 1.85. The third kappa shape index (κ3) is 6.84. The molecule has 0 unspecified atom stereocenters. The minimum atomic E-state index is 0.750. The first-order chi connectivity index (χ1) is 9.11. The smallest absolute Gasteiger partial charge is 0.191 e. The lowest BCUT2D eigenvalue weighted by atomic mass is 10.1. The molecule has 5 nitrogen and oxygen atoms in total.